The number of ether oxygens (including phenoxy) is 1. The summed E-state index contributed by atoms with van der Waals surface area (Å²) in [7, 11) is 0. The zero-order chi connectivity index (χ0) is 9.10. The van der Waals surface area contributed by atoms with Gasteiger partial charge < -0.3 is 10.1 Å². The highest BCUT2D eigenvalue weighted by Gasteiger charge is 2.21. The Balaban J connectivity index is 1.97. The first-order chi connectivity index (χ1) is 6.40. The van der Waals surface area contributed by atoms with E-state index in [1.165, 1.54) is 5.56 Å². The van der Waals surface area contributed by atoms with Crippen molar-refractivity contribution in [1.82, 2.24) is 5.32 Å². The van der Waals surface area contributed by atoms with Gasteiger partial charge in [-0.15, -0.1) is 0 Å². The third kappa shape index (κ3) is 1.83. The molecule has 1 heterocycles. The van der Waals surface area contributed by atoms with Gasteiger partial charge in [0.25, 0.3) is 0 Å². The molecule has 0 aromatic heterocycles. The molecule has 1 aromatic rings. The normalized spacial score (nSPS) is 19.6. The topological polar surface area (TPSA) is 21.3 Å². The molecule has 0 bridgehead atoms. The van der Waals surface area contributed by atoms with E-state index >= 15 is 0 Å². The van der Waals surface area contributed by atoms with Crippen LogP contribution in [0.1, 0.15) is 12.5 Å². The molecule has 2 rings (SSSR count). The van der Waals surface area contributed by atoms with Gasteiger partial charge in [0, 0.05) is 13.0 Å². The third-order valence-corrected chi connectivity index (χ3v) is 2.34. The van der Waals surface area contributed by atoms with Crippen molar-refractivity contribution < 1.29 is 4.74 Å². The van der Waals surface area contributed by atoms with Crippen LogP contribution in [0.2, 0.25) is 0 Å². The number of para-hydroxylation sites is 1. The number of likely N-dealkylation sites (N-methyl/N-ethyl adjacent to an activating group) is 1. The van der Waals surface area contributed by atoms with Crippen molar-refractivity contribution in [2.45, 2.75) is 19.4 Å². The molecule has 2 heteroatoms. The van der Waals surface area contributed by atoms with Gasteiger partial charge in [0.15, 0.2) is 0 Å². The molecule has 0 amide bonds. The average molecular weight is 177 g/mol. The maximum absolute atomic E-state index is 5.75. The first-order valence-corrected chi connectivity index (χ1v) is 4.85. The lowest BCUT2D eigenvalue weighted by Gasteiger charge is -2.09. The Labute approximate surface area is 78.9 Å². The highest BCUT2D eigenvalue weighted by atomic mass is 16.5. The summed E-state index contributed by atoms with van der Waals surface area (Å²) in [6.45, 7) is 4.07. The van der Waals surface area contributed by atoms with Crippen molar-refractivity contribution >= 4 is 0 Å². The molecule has 70 valence electrons. The summed E-state index contributed by atoms with van der Waals surface area (Å²) in [5.41, 5.74) is 1.34. The van der Waals surface area contributed by atoms with E-state index in [2.05, 4.69) is 24.4 Å². The number of hydrogen-bond donors (Lipinski definition) is 1. The summed E-state index contributed by atoms with van der Waals surface area (Å²) in [6, 6.07) is 8.27. The second-order valence-corrected chi connectivity index (χ2v) is 3.36. The van der Waals surface area contributed by atoms with Crippen LogP contribution in [0.3, 0.4) is 0 Å². The molecule has 0 spiro atoms. The number of fused-ring (bicyclic) bond motifs is 1. The van der Waals surface area contributed by atoms with Gasteiger partial charge in [-0.3, -0.25) is 0 Å². The van der Waals surface area contributed by atoms with E-state index < -0.39 is 0 Å². The molecule has 0 unspecified atom stereocenters. The van der Waals surface area contributed by atoms with Gasteiger partial charge in [-0.1, -0.05) is 25.1 Å². The number of rotatable bonds is 3. The fourth-order valence-electron chi connectivity index (χ4n) is 1.67. The SMILES string of the molecule is CCNC[C@H]1Cc2ccccc2O1. The van der Waals surface area contributed by atoms with Crippen molar-refractivity contribution in [3.05, 3.63) is 29.8 Å². The molecule has 1 N–H and O–H groups in total. The lowest BCUT2D eigenvalue weighted by molar-refractivity contribution is 0.229. The second-order valence-electron chi connectivity index (χ2n) is 3.36. The Hall–Kier alpha value is -1.02. The molecule has 1 aliphatic rings. The average Bonchev–Trinajstić information content (AvgIpc) is 2.57. The first kappa shape index (κ1) is 8.57. The summed E-state index contributed by atoms with van der Waals surface area (Å²) < 4.78 is 5.75. The Morgan fingerprint density at radius 2 is 2.31 bits per heavy atom. The predicted molar refractivity (Wildman–Crippen MR) is 53.1 cm³/mol. The maximum atomic E-state index is 5.75. The van der Waals surface area contributed by atoms with Crippen LogP contribution in [0, 0.1) is 0 Å². The molecule has 1 aliphatic heterocycles. The van der Waals surface area contributed by atoms with Gasteiger partial charge >= 0.3 is 0 Å². The molecule has 0 aliphatic carbocycles. The minimum Gasteiger partial charge on any atom is -0.488 e. The number of hydrogen-bond acceptors (Lipinski definition) is 2. The lowest BCUT2D eigenvalue weighted by atomic mass is 10.1. The van der Waals surface area contributed by atoms with E-state index in [9.17, 15) is 0 Å². The van der Waals surface area contributed by atoms with Gasteiger partial charge in [0.2, 0.25) is 0 Å². The van der Waals surface area contributed by atoms with Crippen molar-refractivity contribution in [2.24, 2.45) is 0 Å². The first-order valence-electron chi connectivity index (χ1n) is 4.85. The maximum Gasteiger partial charge on any atom is 0.123 e. The highest BCUT2D eigenvalue weighted by Crippen LogP contribution is 2.27. The van der Waals surface area contributed by atoms with Crippen molar-refractivity contribution in [3.8, 4) is 5.75 Å². The molecule has 0 fully saturated rings. The van der Waals surface area contributed by atoms with Gasteiger partial charge in [-0.05, 0) is 18.2 Å². The van der Waals surface area contributed by atoms with E-state index in [1.807, 2.05) is 12.1 Å². The zero-order valence-corrected chi connectivity index (χ0v) is 7.92. The molecule has 1 atom stereocenters. The molecule has 0 radical (unpaired) electrons. The Bertz CT molecular complexity index is 260. The summed E-state index contributed by atoms with van der Waals surface area (Å²) in [4.78, 5) is 0. The van der Waals surface area contributed by atoms with Crippen LogP contribution in [0.15, 0.2) is 24.3 Å². The zero-order valence-electron chi connectivity index (χ0n) is 7.92. The Morgan fingerprint density at radius 1 is 1.46 bits per heavy atom. The molecule has 13 heavy (non-hydrogen) atoms. The van der Waals surface area contributed by atoms with E-state index in [1.54, 1.807) is 0 Å². The van der Waals surface area contributed by atoms with E-state index in [-0.39, 0.29) is 0 Å². The summed E-state index contributed by atoms with van der Waals surface area (Å²) in [5.74, 6) is 1.06. The lowest BCUT2D eigenvalue weighted by Crippen LogP contribution is -2.29. The highest BCUT2D eigenvalue weighted by molar-refractivity contribution is 5.37. The Morgan fingerprint density at radius 3 is 3.08 bits per heavy atom. The van der Waals surface area contributed by atoms with Crippen molar-refractivity contribution in [2.75, 3.05) is 13.1 Å². The van der Waals surface area contributed by atoms with Crippen LogP contribution in [-0.2, 0) is 6.42 Å². The fourth-order valence-corrected chi connectivity index (χ4v) is 1.67. The third-order valence-electron chi connectivity index (χ3n) is 2.34. The quantitative estimate of drug-likeness (QED) is 0.757. The van der Waals surface area contributed by atoms with E-state index in [0.717, 1.165) is 25.3 Å². The standard InChI is InChI=1S/C11H15NO/c1-2-12-8-10-7-9-5-3-4-6-11(9)13-10/h3-6,10,12H,2,7-8H2,1H3/t10-/m1/s1. The second kappa shape index (κ2) is 3.79. The Kier molecular flexibility index (Phi) is 2.50. The summed E-state index contributed by atoms with van der Waals surface area (Å²) >= 11 is 0. The molecular weight excluding hydrogens is 162 g/mol. The molecular formula is C11H15NO. The van der Waals surface area contributed by atoms with Crippen LogP contribution in [0.5, 0.6) is 5.75 Å². The smallest absolute Gasteiger partial charge is 0.123 e. The molecule has 2 nitrogen and oxygen atoms in total. The fraction of sp³-hybridized carbons (Fsp3) is 0.455. The van der Waals surface area contributed by atoms with Crippen molar-refractivity contribution in [3.63, 3.8) is 0 Å². The largest absolute Gasteiger partial charge is 0.488 e. The van der Waals surface area contributed by atoms with Gasteiger partial charge in [-0.2, -0.15) is 0 Å². The van der Waals surface area contributed by atoms with E-state index in [0.29, 0.717) is 6.10 Å². The number of nitrogens with one attached hydrogen (secondary N) is 1. The van der Waals surface area contributed by atoms with Gasteiger partial charge in [0.05, 0.1) is 0 Å². The molecule has 1 aromatic carbocycles. The minimum absolute atomic E-state index is 0.331. The van der Waals surface area contributed by atoms with Crippen LogP contribution < -0.4 is 10.1 Å². The van der Waals surface area contributed by atoms with Gasteiger partial charge in [-0.25, -0.2) is 0 Å². The van der Waals surface area contributed by atoms with E-state index in [4.69, 9.17) is 4.74 Å². The predicted octanol–water partition coefficient (Wildman–Crippen LogP) is 1.60. The monoisotopic (exact) mass is 177 g/mol. The van der Waals surface area contributed by atoms with Crippen molar-refractivity contribution in [1.29, 1.82) is 0 Å². The number of benzene rings is 1. The molecule has 0 saturated heterocycles. The van der Waals surface area contributed by atoms with Crippen LogP contribution in [0.4, 0.5) is 0 Å². The minimum atomic E-state index is 0.331. The van der Waals surface area contributed by atoms with Crippen LogP contribution in [-0.4, -0.2) is 19.2 Å². The summed E-state index contributed by atoms with van der Waals surface area (Å²) in [5, 5.41) is 3.30. The molecule has 0 saturated carbocycles. The van der Waals surface area contributed by atoms with Gasteiger partial charge in [0.1, 0.15) is 11.9 Å². The van der Waals surface area contributed by atoms with Crippen LogP contribution in [0.25, 0.3) is 0 Å². The van der Waals surface area contributed by atoms with Crippen LogP contribution >= 0.6 is 0 Å². The summed E-state index contributed by atoms with van der Waals surface area (Å²) in [6.07, 6.45) is 1.38.